The number of benzene rings is 2. The molecule has 0 aliphatic carbocycles. The molecule has 7 heteroatoms. The third-order valence-corrected chi connectivity index (χ3v) is 6.87. The van der Waals surface area contributed by atoms with E-state index in [0.29, 0.717) is 12.1 Å². The highest BCUT2D eigenvalue weighted by molar-refractivity contribution is 7.89. The summed E-state index contributed by atoms with van der Waals surface area (Å²) in [6, 6.07) is 14.7. The monoisotopic (exact) mass is 437 g/mol. The number of fused-ring (bicyclic) bond motifs is 1. The van der Waals surface area contributed by atoms with E-state index in [1.807, 2.05) is 24.5 Å². The van der Waals surface area contributed by atoms with Crippen LogP contribution < -0.4 is 10.0 Å². The van der Waals surface area contributed by atoms with Gasteiger partial charge in [0.2, 0.25) is 10.0 Å². The van der Waals surface area contributed by atoms with Gasteiger partial charge in [0.05, 0.1) is 11.4 Å². The van der Waals surface area contributed by atoms with Gasteiger partial charge in [0.15, 0.2) is 5.78 Å². The topological polar surface area (TPSA) is 85.4 Å². The van der Waals surface area contributed by atoms with Crippen molar-refractivity contribution in [1.29, 1.82) is 0 Å². The lowest BCUT2D eigenvalue weighted by molar-refractivity contribution is 0.0998. The molecule has 0 saturated carbocycles. The zero-order valence-corrected chi connectivity index (χ0v) is 18.9. The van der Waals surface area contributed by atoms with Crippen LogP contribution in [0.5, 0.6) is 0 Å². The third-order valence-electron chi connectivity index (χ3n) is 5.94. The van der Waals surface area contributed by atoms with E-state index in [-0.39, 0.29) is 10.7 Å². The molecule has 0 bridgehead atoms. The molecule has 1 aromatic heterocycles. The van der Waals surface area contributed by atoms with Gasteiger partial charge in [-0.15, -0.1) is 0 Å². The fourth-order valence-corrected chi connectivity index (χ4v) is 4.97. The first kappa shape index (κ1) is 21.3. The summed E-state index contributed by atoms with van der Waals surface area (Å²) in [5, 5.41) is 5.20. The molecule has 1 aliphatic heterocycles. The lowest BCUT2D eigenvalue weighted by Gasteiger charge is -2.31. The van der Waals surface area contributed by atoms with E-state index in [4.69, 9.17) is 5.14 Å². The zero-order valence-electron chi connectivity index (χ0n) is 18.1. The summed E-state index contributed by atoms with van der Waals surface area (Å²) >= 11 is 0. The molecule has 0 radical (unpaired) electrons. The number of carbonyl (C=O) groups is 1. The molecular formula is C24H27N3O3S. The van der Waals surface area contributed by atoms with Crippen molar-refractivity contribution in [3.05, 3.63) is 76.6 Å². The number of anilines is 1. The van der Waals surface area contributed by atoms with E-state index in [9.17, 15) is 13.2 Å². The van der Waals surface area contributed by atoms with Crippen LogP contribution in [0.1, 0.15) is 39.3 Å². The quantitative estimate of drug-likeness (QED) is 0.617. The Morgan fingerprint density at radius 3 is 2.42 bits per heavy atom. The van der Waals surface area contributed by atoms with Crippen LogP contribution in [0, 0.1) is 20.8 Å². The van der Waals surface area contributed by atoms with E-state index in [1.165, 1.54) is 23.3 Å². The molecule has 4 rings (SSSR count). The number of hydrogen-bond donors (Lipinski definition) is 1. The number of nitrogens with zero attached hydrogens (tertiary/aromatic N) is 2. The average molecular weight is 438 g/mol. The van der Waals surface area contributed by atoms with Crippen LogP contribution in [0.4, 0.5) is 5.69 Å². The minimum atomic E-state index is -3.74. The summed E-state index contributed by atoms with van der Waals surface area (Å²) < 4.78 is 25.0. The highest BCUT2D eigenvalue weighted by Gasteiger charge is 2.23. The van der Waals surface area contributed by atoms with Crippen molar-refractivity contribution in [2.75, 3.05) is 18.0 Å². The van der Waals surface area contributed by atoms with Crippen LogP contribution in [-0.2, 0) is 16.4 Å². The molecule has 1 aliphatic rings. The molecule has 31 heavy (non-hydrogen) atoms. The molecule has 0 saturated heterocycles. The molecule has 6 nitrogen and oxygen atoms in total. The van der Waals surface area contributed by atoms with Crippen molar-refractivity contribution in [2.24, 2.45) is 5.14 Å². The van der Waals surface area contributed by atoms with Crippen LogP contribution in [0.25, 0.3) is 5.69 Å². The third kappa shape index (κ3) is 4.16. The fourth-order valence-electron chi connectivity index (χ4n) is 4.45. The van der Waals surface area contributed by atoms with Gasteiger partial charge in [0.1, 0.15) is 0 Å². The Kier molecular flexibility index (Phi) is 5.49. The van der Waals surface area contributed by atoms with Crippen molar-refractivity contribution >= 4 is 21.5 Å². The second-order valence-electron chi connectivity index (χ2n) is 8.24. The van der Waals surface area contributed by atoms with Crippen molar-refractivity contribution in [3.63, 3.8) is 0 Å². The van der Waals surface area contributed by atoms with Gasteiger partial charge >= 0.3 is 0 Å². The molecule has 0 unspecified atom stereocenters. The largest absolute Gasteiger partial charge is 0.364 e. The number of aromatic nitrogens is 1. The van der Waals surface area contributed by atoms with Gasteiger partial charge < -0.3 is 9.47 Å². The van der Waals surface area contributed by atoms with Crippen molar-refractivity contribution in [2.45, 2.75) is 38.5 Å². The van der Waals surface area contributed by atoms with Gasteiger partial charge in [-0.3, -0.25) is 4.79 Å². The van der Waals surface area contributed by atoms with E-state index >= 15 is 0 Å². The van der Waals surface area contributed by atoms with E-state index in [1.54, 1.807) is 12.1 Å². The predicted octanol–water partition coefficient (Wildman–Crippen LogP) is 3.69. The Labute approximate surface area is 183 Å². The number of hydrogen-bond acceptors (Lipinski definition) is 4. The average Bonchev–Trinajstić information content (AvgIpc) is 3.01. The van der Waals surface area contributed by atoms with Gasteiger partial charge in [-0.05, 0) is 75.6 Å². The summed E-state index contributed by atoms with van der Waals surface area (Å²) in [6.45, 7) is 7.16. The zero-order chi connectivity index (χ0) is 22.3. The van der Waals surface area contributed by atoms with E-state index in [0.717, 1.165) is 42.1 Å². The molecule has 3 aromatic rings. The maximum Gasteiger partial charge on any atom is 0.238 e. The number of nitrogens with two attached hydrogens (primary N) is 1. The first-order chi connectivity index (χ1) is 14.6. The number of ketones is 1. The normalized spacial score (nSPS) is 13.9. The molecule has 2 N–H and O–H groups in total. The number of sulfonamides is 1. The highest BCUT2D eigenvalue weighted by Crippen LogP contribution is 2.29. The standard InChI is InChI=1S/C24H27N3O3S/c1-16-6-11-23-19(13-16)5-4-12-26(23)15-24(28)22-14-17(2)27(18(22)3)20-7-9-21(10-8-20)31(25,29)30/h6-11,13-14H,4-5,12,15H2,1-3H3,(H2,25,29,30). The van der Waals surface area contributed by atoms with Crippen LogP contribution in [0.3, 0.4) is 0 Å². The van der Waals surface area contributed by atoms with Gasteiger partial charge in [-0.25, -0.2) is 13.6 Å². The number of carbonyl (C=O) groups excluding carboxylic acids is 1. The number of aryl methyl sites for hydroxylation is 3. The fraction of sp³-hybridized carbons (Fsp3) is 0.292. The number of rotatable bonds is 5. The molecule has 0 amide bonds. The van der Waals surface area contributed by atoms with Crippen molar-refractivity contribution in [1.82, 2.24) is 4.57 Å². The van der Waals surface area contributed by atoms with Crippen molar-refractivity contribution < 1.29 is 13.2 Å². The molecular weight excluding hydrogens is 410 g/mol. The minimum absolute atomic E-state index is 0.0639. The Morgan fingerprint density at radius 1 is 1.03 bits per heavy atom. The second-order valence-corrected chi connectivity index (χ2v) is 9.80. The van der Waals surface area contributed by atoms with Crippen LogP contribution in [-0.4, -0.2) is 31.9 Å². The molecule has 0 spiro atoms. The molecule has 2 aromatic carbocycles. The first-order valence-corrected chi connectivity index (χ1v) is 11.9. The first-order valence-electron chi connectivity index (χ1n) is 10.3. The maximum absolute atomic E-state index is 13.2. The Hall–Kier alpha value is -2.90. The SMILES string of the molecule is Cc1ccc2c(c1)CCCN2CC(=O)c1cc(C)n(-c2ccc(S(N)(=O)=O)cc2)c1C. The smallest absolute Gasteiger partial charge is 0.238 e. The summed E-state index contributed by atoms with van der Waals surface area (Å²) in [7, 11) is -3.74. The Morgan fingerprint density at radius 2 is 1.74 bits per heavy atom. The Bertz CT molecular complexity index is 1260. The lowest BCUT2D eigenvalue weighted by Crippen LogP contribution is -2.34. The molecule has 2 heterocycles. The summed E-state index contributed by atoms with van der Waals surface area (Å²) in [4.78, 5) is 15.5. The van der Waals surface area contributed by atoms with Gasteiger partial charge in [0, 0.05) is 34.9 Å². The molecule has 0 fully saturated rings. The van der Waals surface area contributed by atoms with Crippen LogP contribution in [0.2, 0.25) is 0 Å². The summed E-state index contributed by atoms with van der Waals surface area (Å²) in [5.41, 5.74) is 6.93. The van der Waals surface area contributed by atoms with Gasteiger partial charge in [-0.2, -0.15) is 0 Å². The highest BCUT2D eigenvalue weighted by atomic mass is 32.2. The van der Waals surface area contributed by atoms with Crippen LogP contribution in [0.15, 0.2) is 53.4 Å². The Balaban J connectivity index is 1.61. The summed E-state index contributed by atoms with van der Waals surface area (Å²) in [6.07, 6.45) is 2.09. The van der Waals surface area contributed by atoms with Gasteiger partial charge in [0.25, 0.3) is 0 Å². The number of Topliss-reactive ketones (excluding diaryl/α,β-unsaturated/α-hetero) is 1. The predicted molar refractivity (Wildman–Crippen MR) is 123 cm³/mol. The van der Waals surface area contributed by atoms with E-state index < -0.39 is 10.0 Å². The number of primary sulfonamides is 1. The van der Waals surface area contributed by atoms with E-state index in [2.05, 4.69) is 30.0 Å². The van der Waals surface area contributed by atoms with Gasteiger partial charge in [-0.1, -0.05) is 17.7 Å². The second kappa shape index (κ2) is 7.98. The molecule has 0 atom stereocenters. The van der Waals surface area contributed by atoms with Crippen LogP contribution >= 0.6 is 0 Å². The maximum atomic E-state index is 13.2. The lowest BCUT2D eigenvalue weighted by atomic mass is 9.99. The minimum Gasteiger partial charge on any atom is -0.364 e. The molecule has 162 valence electrons. The summed E-state index contributed by atoms with van der Waals surface area (Å²) in [5.74, 6) is 0.0777. The van der Waals surface area contributed by atoms with Crippen molar-refractivity contribution in [3.8, 4) is 5.69 Å².